The van der Waals surface area contributed by atoms with E-state index in [4.69, 9.17) is 17.0 Å². The molecule has 140 valence electrons. The summed E-state index contributed by atoms with van der Waals surface area (Å²) in [5, 5.41) is 5.47. The smallest absolute Gasteiger partial charge is 0.308 e. The maximum absolute atomic E-state index is 12.3. The van der Waals surface area contributed by atoms with Gasteiger partial charge in [-0.25, -0.2) is 0 Å². The number of thiocarbonyl (C=S) groups is 1. The van der Waals surface area contributed by atoms with Gasteiger partial charge in [-0.1, -0.05) is 24.6 Å². The van der Waals surface area contributed by atoms with E-state index in [0.29, 0.717) is 31.7 Å². The highest BCUT2D eigenvalue weighted by Gasteiger charge is 2.34. The van der Waals surface area contributed by atoms with Crippen LogP contribution in [0.25, 0.3) is 0 Å². The fourth-order valence-electron chi connectivity index (χ4n) is 2.54. The molecule has 0 radical (unpaired) electrons. The number of carbonyl (C=O) groups is 3. The first kappa shape index (κ1) is 19.8. The number of hydrogen-bond donors (Lipinski definition) is 2. The molecule has 1 heterocycles. The minimum absolute atomic E-state index is 0.119. The van der Waals surface area contributed by atoms with Crippen molar-refractivity contribution in [2.75, 3.05) is 19.7 Å². The second-order valence-electron chi connectivity index (χ2n) is 6.05. The summed E-state index contributed by atoms with van der Waals surface area (Å²) in [4.78, 5) is 38.0. The van der Waals surface area contributed by atoms with Gasteiger partial charge in [-0.3, -0.25) is 19.7 Å². The van der Waals surface area contributed by atoms with E-state index in [-0.39, 0.29) is 23.3 Å². The second kappa shape index (κ2) is 9.28. The zero-order valence-electron chi connectivity index (χ0n) is 14.9. The lowest BCUT2D eigenvalue weighted by atomic mass is 10.1. The molecule has 1 aromatic carbocycles. The Morgan fingerprint density at radius 1 is 1.35 bits per heavy atom. The summed E-state index contributed by atoms with van der Waals surface area (Å²) >= 11 is 5.31. The third-order valence-electron chi connectivity index (χ3n) is 3.95. The van der Waals surface area contributed by atoms with Crippen LogP contribution in [0.4, 0.5) is 0 Å². The zero-order chi connectivity index (χ0) is 19.1. The van der Waals surface area contributed by atoms with Crippen LogP contribution in [0, 0.1) is 6.92 Å². The average molecular weight is 377 g/mol. The number of benzene rings is 1. The van der Waals surface area contributed by atoms with Gasteiger partial charge in [-0.2, -0.15) is 0 Å². The molecule has 1 atom stereocenters. The van der Waals surface area contributed by atoms with Gasteiger partial charge in [0.25, 0.3) is 5.91 Å². The number of carbonyl (C=O) groups excluding carboxylic acids is 3. The number of aryl methyl sites for hydroxylation is 1. The molecule has 0 unspecified atom stereocenters. The van der Waals surface area contributed by atoms with Gasteiger partial charge in [0.1, 0.15) is 6.04 Å². The van der Waals surface area contributed by atoms with E-state index in [1.807, 2.05) is 26.0 Å². The van der Waals surface area contributed by atoms with Crippen LogP contribution in [0.5, 0.6) is 0 Å². The first-order valence-corrected chi connectivity index (χ1v) is 8.95. The van der Waals surface area contributed by atoms with Crippen LogP contribution in [0.2, 0.25) is 0 Å². The van der Waals surface area contributed by atoms with Crippen molar-refractivity contribution in [1.29, 1.82) is 0 Å². The Kier molecular flexibility index (Phi) is 7.08. The maximum atomic E-state index is 12.3. The molecule has 2 N–H and O–H groups in total. The predicted molar refractivity (Wildman–Crippen MR) is 101 cm³/mol. The summed E-state index contributed by atoms with van der Waals surface area (Å²) in [6, 6.07) is 6.28. The van der Waals surface area contributed by atoms with Gasteiger partial charge in [-0.05, 0) is 37.7 Å². The van der Waals surface area contributed by atoms with E-state index in [1.165, 1.54) is 0 Å². The van der Waals surface area contributed by atoms with E-state index in [0.717, 1.165) is 5.56 Å². The first-order chi connectivity index (χ1) is 12.4. The highest BCUT2D eigenvalue weighted by Crippen LogP contribution is 2.11. The molecule has 26 heavy (non-hydrogen) atoms. The number of nitrogens with zero attached hydrogens (tertiary/aromatic N) is 1. The van der Waals surface area contributed by atoms with Gasteiger partial charge < -0.3 is 15.0 Å². The third kappa shape index (κ3) is 5.26. The molecule has 7 nitrogen and oxygen atoms in total. The topological polar surface area (TPSA) is 87.7 Å². The number of amides is 2. The Morgan fingerprint density at radius 2 is 2.04 bits per heavy atom. The van der Waals surface area contributed by atoms with Crippen molar-refractivity contribution < 1.29 is 19.1 Å². The van der Waals surface area contributed by atoms with E-state index in [2.05, 4.69) is 10.6 Å². The third-order valence-corrected chi connectivity index (χ3v) is 4.29. The van der Waals surface area contributed by atoms with Gasteiger partial charge in [0.2, 0.25) is 5.91 Å². The number of ether oxygens (including phenoxy) is 1. The normalized spacial score (nSPS) is 16.6. The van der Waals surface area contributed by atoms with Crippen LogP contribution in [0.1, 0.15) is 35.7 Å². The van der Waals surface area contributed by atoms with E-state index < -0.39 is 12.0 Å². The van der Waals surface area contributed by atoms with Gasteiger partial charge in [-0.15, -0.1) is 0 Å². The molecule has 2 amide bonds. The molecule has 0 aliphatic carbocycles. The number of rotatable bonds is 5. The van der Waals surface area contributed by atoms with Crippen molar-refractivity contribution >= 4 is 35.1 Å². The largest absolute Gasteiger partial charge is 0.466 e. The molecule has 2 rings (SSSR count). The van der Waals surface area contributed by atoms with Crippen LogP contribution >= 0.6 is 12.2 Å². The lowest BCUT2D eigenvalue weighted by Crippen LogP contribution is -2.60. The molecular weight excluding hydrogens is 354 g/mol. The molecule has 1 fully saturated rings. The summed E-state index contributed by atoms with van der Waals surface area (Å²) in [7, 11) is 0. The lowest BCUT2D eigenvalue weighted by Gasteiger charge is -2.36. The number of hydrogen-bond acceptors (Lipinski definition) is 5. The Hall–Kier alpha value is -2.48. The molecule has 1 aliphatic rings. The molecule has 0 bridgehead atoms. The Labute approximate surface area is 158 Å². The van der Waals surface area contributed by atoms with Crippen molar-refractivity contribution in [3.05, 3.63) is 35.4 Å². The van der Waals surface area contributed by atoms with Gasteiger partial charge in [0.15, 0.2) is 5.11 Å². The van der Waals surface area contributed by atoms with Crippen molar-refractivity contribution in [1.82, 2.24) is 15.5 Å². The summed E-state index contributed by atoms with van der Waals surface area (Å²) < 4.78 is 5.06. The van der Waals surface area contributed by atoms with Gasteiger partial charge in [0, 0.05) is 18.7 Å². The highest BCUT2D eigenvalue weighted by atomic mass is 32.1. The van der Waals surface area contributed by atoms with Crippen LogP contribution < -0.4 is 10.6 Å². The van der Waals surface area contributed by atoms with Crippen molar-refractivity contribution in [2.45, 2.75) is 32.7 Å². The minimum atomic E-state index is -0.793. The summed E-state index contributed by atoms with van der Waals surface area (Å²) in [5.74, 6) is -1.13. The Bertz CT molecular complexity index is 690. The molecule has 1 aromatic rings. The molecule has 8 heteroatoms. The second-order valence-corrected chi connectivity index (χ2v) is 6.44. The zero-order valence-corrected chi connectivity index (χ0v) is 15.7. The molecule has 0 spiro atoms. The molecule has 0 aromatic heterocycles. The fourth-order valence-corrected chi connectivity index (χ4v) is 2.85. The SMILES string of the molecule is CCCOC(=O)C[C@@H]1C(=O)NCCN1C(=S)NC(=O)c1ccc(C)cc1. The van der Waals surface area contributed by atoms with Crippen LogP contribution in [-0.2, 0) is 14.3 Å². The van der Waals surface area contributed by atoms with Gasteiger partial charge in [0.05, 0.1) is 13.0 Å². The van der Waals surface area contributed by atoms with E-state index >= 15 is 0 Å². The van der Waals surface area contributed by atoms with Crippen molar-refractivity contribution in [2.24, 2.45) is 0 Å². The van der Waals surface area contributed by atoms with Crippen molar-refractivity contribution in [3.8, 4) is 0 Å². The van der Waals surface area contributed by atoms with Crippen LogP contribution in [0.3, 0.4) is 0 Å². The van der Waals surface area contributed by atoms with Crippen LogP contribution in [0.15, 0.2) is 24.3 Å². The average Bonchev–Trinajstić information content (AvgIpc) is 2.62. The minimum Gasteiger partial charge on any atom is -0.466 e. The summed E-state index contributed by atoms with van der Waals surface area (Å²) in [5.41, 5.74) is 1.51. The standard InChI is InChI=1S/C18H23N3O4S/c1-3-10-25-15(22)11-14-17(24)19-8-9-21(14)18(26)20-16(23)13-6-4-12(2)5-7-13/h4-7,14H,3,8-11H2,1-2H3,(H,19,24)(H,20,23,26)/t14-/m1/s1. The molecule has 1 saturated heterocycles. The molecule has 1 aliphatic heterocycles. The molecule has 0 saturated carbocycles. The first-order valence-electron chi connectivity index (χ1n) is 8.54. The number of nitrogens with one attached hydrogen (secondary N) is 2. The quantitative estimate of drug-likeness (QED) is 0.591. The van der Waals surface area contributed by atoms with Crippen molar-refractivity contribution in [3.63, 3.8) is 0 Å². The predicted octanol–water partition coefficient (Wildman–Crippen LogP) is 1.15. The van der Waals surface area contributed by atoms with E-state index in [1.54, 1.807) is 17.0 Å². The van der Waals surface area contributed by atoms with E-state index in [9.17, 15) is 14.4 Å². The maximum Gasteiger partial charge on any atom is 0.308 e. The fraction of sp³-hybridized carbons (Fsp3) is 0.444. The summed E-state index contributed by atoms with van der Waals surface area (Å²) in [6.07, 6.45) is 0.587. The number of esters is 1. The Balaban J connectivity index is 2.03. The number of piperazine rings is 1. The highest BCUT2D eigenvalue weighted by molar-refractivity contribution is 7.80. The lowest BCUT2D eigenvalue weighted by molar-refractivity contribution is -0.147. The van der Waals surface area contributed by atoms with Crippen LogP contribution in [-0.4, -0.2) is 53.5 Å². The van der Waals surface area contributed by atoms with Gasteiger partial charge >= 0.3 is 5.97 Å². The summed E-state index contributed by atoms with van der Waals surface area (Å²) in [6.45, 7) is 4.93. The Morgan fingerprint density at radius 3 is 2.69 bits per heavy atom. The molecular formula is C18H23N3O4S. The monoisotopic (exact) mass is 377 g/mol.